The number of likely N-dealkylation sites (tertiary alicyclic amines) is 1. The summed E-state index contributed by atoms with van der Waals surface area (Å²) in [6.45, 7) is 0.812. The second-order valence-corrected chi connectivity index (χ2v) is 7.02. The zero-order valence-corrected chi connectivity index (χ0v) is 15.8. The van der Waals surface area contributed by atoms with Crippen LogP contribution in [0.4, 0.5) is 4.39 Å². The number of nitrogens with zero attached hydrogens (tertiary/aromatic N) is 3. The van der Waals surface area contributed by atoms with Gasteiger partial charge in [-0.1, -0.05) is 22.8 Å². The lowest BCUT2D eigenvalue weighted by Crippen LogP contribution is -2.24. The highest BCUT2D eigenvalue weighted by Gasteiger charge is 2.34. The summed E-state index contributed by atoms with van der Waals surface area (Å²) < 4.78 is 23.9. The number of carbonyl (C=O) groups excluding carboxylic acids is 1. The van der Waals surface area contributed by atoms with Crippen LogP contribution in [0.3, 0.4) is 0 Å². The largest absolute Gasteiger partial charge is 0.497 e. The molecule has 1 amide bonds. The normalized spacial score (nSPS) is 16.6. The minimum absolute atomic E-state index is 0.0188. The van der Waals surface area contributed by atoms with Crippen LogP contribution < -0.4 is 4.74 Å². The first-order valence-electron chi connectivity index (χ1n) is 8.73. The van der Waals surface area contributed by atoms with Crippen molar-refractivity contribution in [1.29, 1.82) is 0 Å². The maximum Gasteiger partial charge on any atom is 0.232 e. The quantitative estimate of drug-likeness (QED) is 0.645. The molecule has 4 rings (SSSR count). The van der Waals surface area contributed by atoms with E-state index >= 15 is 0 Å². The molecule has 1 saturated heterocycles. The molecule has 1 aromatic heterocycles. The Hall–Kier alpha value is -2.93. The molecule has 28 heavy (non-hydrogen) atoms. The Labute approximate surface area is 165 Å². The maximum absolute atomic E-state index is 13.3. The number of methoxy groups -OCH3 is 1. The molecule has 0 bridgehead atoms. The average molecular weight is 402 g/mol. The summed E-state index contributed by atoms with van der Waals surface area (Å²) in [6.07, 6.45) is 0.291. The number of carbonyl (C=O) groups is 1. The zero-order chi connectivity index (χ0) is 19.7. The summed E-state index contributed by atoms with van der Waals surface area (Å²) in [4.78, 5) is 18.5. The van der Waals surface area contributed by atoms with Crippen molar-refractivity contribution in [2.45, 2.75) is 18.9 Å². The Morgan fingerprint density at radius 2 is 2.07 bits per heavy atom. The van der Waals surface area contributed by atoms with Crippen molar-refractivity contribution in [1.82, 2.24) is 15.0 Å². The van der Waals surface area contributed by atoms with E-state index in [1.807, 2.05) is 24.3 Å². The van der Waals surface area contributed by atoms with Crippen LogP contribution in [-0.2, 0) is 11.3 Å². The Bertz CT molecular complexity index is 1010. The predicted molar refractivity (Wildman–Crippen MR) is 100 cm³/mol. The van der Waals surface area contributed by atoms with E-state index < -0.39 is 5.82 Å². The third kappa shape index (κ3) is 3.71. The van der Waals surface area contributed by atoms with Gasteiger partial charge in [-0.25, -0.2) is 4.39 Å². The van der Waals surface area contributed by atoms with Gasteiger partial charge in [-0.05, 0) is 42.0 Å². The number of amides is 1. The molecule has 0 spiro atoms. The van der Waals surface area contributed by atoms with E-state index in [0.717, 1.165) is 16.9 Å². The van der Waals surface area contributed by atoms with E-state index in [1.54, 1.807) is 18.1 Å². The maximum atomic E-state index is 13.3. The molecule has 3 aromatic rings. The fraction of sp³-hybridized carbons (Fsp3) is 0.250. The summed E-state index contributed by atoms with van der Waals surface area (Å²) in [5.41, 5.74) is 1.57. The molecular weight excluding hydrogens is 385 g/mol. The van der Waals surface area contributed by atoms with Gasteiger partial charge in [0.1, 0.15) is 11.6 Å². The van der Waals surface area contributed by atoms with Crippen molar-refractivity contribution >= 4 is 17.5 Å². The minimum Gasteiger partial charge on any atom is -0.497 e. The van der Waals surface area contributed by atoms with Gasteiger partial charge in [0.25, 0.3) is 0 Å². The number of hydrogen-bond acceptors (Lipinski definition) is 5. The molecule has 8 heteroatoms. The second-order valence-electron chi connectivity index (χ2n) is 6.61. The van der Waals surface area contributed by atoms with Gasteiger partial charge in [0.05, 0.1) is 18.1 Å². The van der Waals surface area contributed by atoms with Crippen LogP contribution >= 0.6 is 11.6 Å². The number of aromatic nitrogens is 2. The van der Waals surface area contributed by atoms with Crippen LogP contribution in [0, 0.1) is 5.82 Å². The Morgan fingerprint density at radius 3 is 2.79 bits per heavy atom. The standard InChI is InChI=1S/C20H17ClFN3O3/c1-27-15-5-3-13(4-6-15)19-23-20(28-24-19)14-9-18(26)25(11-14)10-12-2-7-17(22)16(21)8-12/h2-8,14H,9-11H2,1H3. The topological polar surface area (TPSA) is 68.5 Å². The summed E-state index contributed by atoms with van der Waals surface area (Å²) in [6, 6.07) is 11.8. The first-order chi connectivity index (χ1) is 13.5. The minimum atomic E-state index is -0.479. The van der Waals surface area contributed by atoms with Gasteiger partial charge in [0, 0.05) is 25.1 Å². The first kappa shape index (κ1) is 18.4. The molecule has 1 fully saturated rings. The lowest BCUT2D eigenvalue weighted by molar-refractivity contribution is -0.128. The smallest absolute Gasteiger partial charge is 0.232 e. The van der Waals surface area contributed by atoms with Crippen LogP contribution in [0.25, 0.3) is 11.4 Å². The SMILES string of the molecule is COc1ccc(-c2noc(C3CC(=O)N(Cc4ccc(F)c(Cl)c4)C3)n2)cc1. The molecule has 0 saturated carbocycles. The summed E-state index contributed by atoms with van der Waals surface area (Å²) in [5.74, 6) is 0.962. The number of benzene rings is 2. The van der Waals surface area contributed by atoms with Gasteiger partial charge >= 0.3 is 0 Å². The summed E-state index contributed by atoms with van der Waals surface area (Å²) >= 11 is 5.82. The van der Waals surface area contributed by atoms with Crippen LogP contribution in [-0.4, -0.2) is 34.6 Å². The van der Waals surface area contributed by atoms with Gasteiger partial charge in [-0.3, -0.25) is 4.79 Å². The third-order valence-electron chi connectivity index (χ3n) is 4.71. The van der Waals surface area contributed by atoms with E-state index in [0.29, 0.717) is 31.2 Å². The van der Waals surface area contributed by atoms with Crippen LogP contribution in [0.15, 0.2) is 47.0 Å². The van der Waals surface area contributed by atoms with E-state index in [9.17, 15) is 9.18 Å². The highest BCUT2D eigenvalue weighted by molar-refractivity contribution is 6.30. The van der Waals surface area contributed by atoms with Crippen molar-refractivity contribution in [3.05, 3.63) is 64.8 Å². The van der Waals surface area contributed by atoms with E-state index in [1.165, 1.54) is 12.1 Å². The third-order valence-corrected chi connectivity index (χ3v) is 5.00. The van der Waals surface area contributed by atoms with Gasteiger partial charge < -0.3 is 14.2 Å². The first-order valence-corrected chi connectivity index (χ1v) is 9.11. The fourth-order valence-corrected chi connectivity index (χ4v) is 3.41. The monoisotopic (exact) mass is 401 g/mol. The Kier molecular flexibility index (Phi) is 5.00. The number of ether oxygens (including phenoxy) is 1. The zero-order valence-electron chi connectivity index (χ0n) is 15.1. The van der Waals surface area contributed by atoms with E-state index in [-0.39, 0.29) is 16.8 Å². The van der Waals surface area contributed by atoms with Gasteiger partial charge in [-0.15, -0.1) is 0 Å². The lowest BCUT2D eigenvalue weighted by atomic mass is 10.1. The molecule has 144 valence electrons. The fourth-order valence-electron chi connectivity index (χ4n) is 3.21. The van der Waals surface area contributed by atoms with Gasteiger partial charge in [0.2, 0.25) is 17.6 Å². The molecule has 1 aliphatic rings. The molecule has 1 unspecified atom stereocenters. The Morgan fingerprint density at radius 1 is 1.29 bits per heavy atom. The highest BCUT2D eigenvalue weighted by Crippen LogP contribution is 2.30. The molecule has 0 aliphatic carbocycles. The molecule has 0 radical (unpaired) electrons. The molecule has 0 N–H and O–H groups in total. The molecule has 6 nitrogen and oxygen atoms in total. The van der Waals surface area contributed by atoms with Crippen LogP contribution in [0.1, 0.15) is 23.8 Å². The molecule has 1 aliphatic heterocycles. The highest BCUT2D eigenvalue weighted by atomic mass is 35.5. The molecular formula is C20H17ClFN3O3. The van der Waals surface area contributed by atoms with Crippen LogP contribution in [0.5, 0.6) is 5.75 Å². The van der Waals surface area contributed by atoms with Crippen molar-refractivity contribution in [3.63, 3.8) is 0 Å². The van der Waals surface area contributed by atoms with E-state index in [4.69, 9.17) is 20.9 Å². The second kappa shape index (κ2) is 7.59. The van der Waals surface area contributed by atoms with Crippen molar-refractivity contribution in [2.75, 3.05) is 13.7 Å². The van der Waals surface area contributed by atoms with E-state index in [2.05, 4.69) is 10.1 Å². The van der Waals surface area contributed by atoms with Crippen molar-refractivity contribution in [3.8, 4) is 17.1 Å². The molecule has 2 heterocycles. The molecule has 2 aromatic carbocycles. The average Bonchev–Trinajstić information content (AvgIpc) is 3.32. The van der Waals surface area contributed by atoms with Crippen molar-refractivity contribution < 1.29 is 18.4 Å². The van der Waals surface area contributed by atoms with Crippen molar-refractivity contribution in [2.24, 2.45) is 0 Å². The predicted octanol–water partition coefficient (Wildman–Crippen LogP) is 4.05. The van der Waals surface area contributed by atoms with Crippen LogP contribution in [0.2, 0.25) is 5.02 Å². The molecule has 1 atom stereocenters. The lowest BCUT2D eigenvalue weighted by Gasteiger charge is -2.16. The van der Waals surface area contributed by atoms with Gasteiger partial charge in [-0.2, -0.15) is 4.98 Å². The van der Waals surface area contributed by atoms with Gasteiger partial charge in [0.15, 0.2) is 0 Å². The number of rotatable bonds is 5. The number of halogens is 2. The summed E-state index contributed by atoms with van der Waals surface area (Å²) in [5, 5.41) is 4.07. The summed E-state index contributed by atoms with van der Waals surface area (Å²) in [7, 11) is 1.60. The number of hydrogen-bond donors (Lipinski definition) is 0. The Balaban J connectivity index is 1.46.